The monoisotopic (exact) mass is 330 g/mol. The van der Waals surface area contributed by atoms with Crippen molar-refractivity contribution in [2.24, 2.45) is 0 Å². The van der Waals surface area contributed by atoms with Crippen LogP contribution < -0.4 is 0 Å². The first kappa shape index (κ1) is 16.1. The van der Waals surface area contributed by atoms with Gasteiger partial charge in [-0.05, 0) is 31.7 Å². The number of amides is 1. The molecule has 1 unspecified atom stereocenters. The van der Waals surface area contributed by atoms with Gasteiger partial charge in [0.05, 0.1) is 17.3 Å². The molecular weight excluding hydrogens is 308 g/mol. The molecule has 1 atom stereocenters. The van der Waals surface area contributed by atoms with Crippen molar-refractivity contribution in [1.29, 1.82) is 0 Å². The van der Waals surface area contributed by atoms with Gasteiger partial charge in [0.1, 0.15) is 4.88 Å². The van der Waals surface area contributed by atoms with E-state index in [-0.39, 0.29) is 12.0 Å². The van der Waals surface area contributed by atoms with Crippen LogP contribution in [-0.4, -0.2) is 41.6 Å². The highest BCUT2D eigenvalue weighted by molar-refractivity contribution is 7.11. The fraction of sp³-hybridized carbons (Fsp3) is 0.444. The number of rotatable bonds is 6. The second kappa shape index (κ2) is 7.70. The maximum atomic E-state index is 12.4. The summed E-state index contributed by atoms with van der Waals surface area (Å²) in [6.45, 7) is 4.11. The van der Waals surface area contributed by atoms with Gasteiger partial charge in [-0.3, -0.25) is 4.79 Å². The van der Waals surface area contributed by atoms with E-state index in [9.17, 15) is 4.79 Å². The molecule has 0 N–H and O–H groups in total. The molecule has 0 bridgehead atoms. The Hall–Kier alpha value is -1.72. The predicted molar refractivity (Wildman–Crippen MR) is 91.9 cm³/mol. The number of hydrogen-bond donors (Lipinski definition) is 0. The first-order valence-corrected chi connectivity index (χ1v) is 8.97. The molecule has 1 saturated heterocycles. The number of ether oxygens (including phenoxy) is 1. The summed E-state index contributed by atoms with van der Waals surface area (Å²) in [6.07, 6.45) is 3.15. The van der Waals surface area contributed by atoms with Crippen LogP contribution in [0.25, 0.3) is 0 Å². The maximum Gasteiger partial charge on any atom is 0.265 e. The van der Waals surface area contributed by atoms with Gasteiger partial charge in [0.2, 0.25) is 0 Å². The fourth-order valence-corrected chi connectivity index (χ4v) is 3.64. The van der Waals surface area contributed by atoms with Gasteiger partial charge in [0.25, 0.3) is 5.91 Å². The molecule has 0 saturated carbocycles. The zero-order chi connectivity index (χ0) is 16.1. The van der Waals surface area contributed by atoms with Gasteiger partial charge < -0.3 is 9.64 Å². The van der Waals surface area contributed by atoms with Crippen molar-refractivity contribution in [2.45, 2.75) is 32.3 Å². The summed E-state index contributed by atoms with van der Waals surface area (Å²) in [5, 5.41) is 0. The zero-order valence-corrected chi connectivity index (χ0v) is 14.2. The third kappa shape index (κ3) is 4.18. The Morgan fingerprint density at radius 1 is 1.39 bits per heavy atom. The van der Waals surface area contributed by atoms with Crippen LogP contribution in [0.5, 0.6) is 0 Å². The smallest absolute Gasteiger partial charge is 0.265 e. The van der Waals surface area contributed by atoms with Crippen LogP contribution in [0.2, 0.25) is 0 Å². The standard InChI is InChI=1S/C18H22N2O2S/c1-14-17(23-13-19-14)18(21)20-10-9-16(12-20)22-11-5-8-15-6-3-2-4-7-15/h2-4,6-7,13,16H,5,8-12H2,1H3. The fourth-order valence-electron chi connectivity index (χ4n) is 2.87. The van der Waals surface area contributed by atoms with E-state index >= 15 is 0 Å². The molecule has 1 aliphatic rings. The molecule has 2 aromatic rings. The lowest BCUT2D eigenvalue weighted by Gasteiger charge is -2.16. The van der Waals surface area contributed by atoms with Crippen LogP contribution in [0.1, 0.15) is 33.8 Å². The number of aryl methyl sites for hydroxylation is 2. The first-order valence-electron chi connectivity index (χ1n) is 8.09. The Morgan fingerprint density at radius 2 is 2.22 bits per heavy atom. The SMILES string of the molecule is Cc1ncsc1C(=O)N1CCC(OCCCc2ccccc2)C1. The molecule has 23 heavy (non-hydrogen) atoms. The summed E-state index contributed by atoms with van der Waals surface area (Å²) >= 11 is 1.42. The molecule has 4 nitrogen and oxygen atoms in total. The molecule has 122 valence electrons. The molecule has 1 aromatic carbocycles. The van der Waals surface area contributed by atoms with Gasteiger partial charge in [0.15, 0.2) is 0 Å². The third-order valence-electron chi connectivity index (χ3n) is 4.18. The van der Waals surface area contributed by atoms with Crippen LogP contribution in [0, 0.1) is 6.92 Å². The maximum absolute atomic E-state index is 12.4. The number of thiazole rings is 1. The van der Waals surface area contributed by atoms with E-state index in [1.165, 1.54) is 16.9 Å². The van der Waals surface area contributed by atoms with Crippen molar-refractivity contribution in [2.75, 3.05) is 19.7 Å². The Morgan fingerprint density at radius 3 is 2.96 bits per heavy atom. The average Bonchev–Trinajstić information content (AvgIpc) is 3.21. The lowest BCUT2D eigenvalue weighted by Crippen LogP contribution is -2.30. The Labute approximate surface area is 141 Å². The van der Waals surface area contributed by atoms with Gasteiger partial charge >= 0.3 is 0 Å². The molecule has 1 aliphatic heterocycles. The molecule has 1 aromatic heterocycles. The number of likely N-dealkylation sites (tertiary alicyclic amines) is 1. The minimum Gasteiger partial charge on any atom is -0.376 e. The summed E-state index contributed by atoms with van der Waals surface area (Å²) in [4.78, 5) is 19.2. The van der Waals surface area contributed by atoms with Crippen LogP contribution >= 0.6 is 11.3 Å². The van der Waals surface area contributed by atoms with E-state index in [1.807, 2.05) is 17.9 Å². The van der Waals surface area contributed by atoms with Crippen molar-refractivity contribution in [1.82, 2.24) is 9.88 Å². The van der Waals surface area contributed by atoms with Crippen molar-refractivity contribution in [3.8, 4) is 0 Å². The van der Waals surface area contributed by atoms with Gasteiger partial charge in [0, 0.05) is 19.7 Å². The van der Waals surface area contributed by atoms with Crippen molar-refractivity contribution >= 4 is 17.2 Å². The second-order valence-electron chi connectivity index (χ2n) is 5.89. The predicted octanol–water partition coefficient (Wildman–Crippen LogP) is 3.32. The van der Waals surface area contributed by atoms with Crippen molar-refractivity contribution in [3.05, 3.63) is 52.0 Å². The van der Waals surface area contributed by atoms with Crippen LogP contribution in [0.3, 0.4) is 0 Å². The van der Waals surface area contributed by atoms with E-state index in [0.717, 1.165) is 43.0 Å². The quantitative estimate of drug-likeness (QED) is 0.763. The summed E-state index contributed by atoms with van der Waals surface area (Å²) < 4.78 is 5.95. The van der Waals surface area contributed by atoms with Gasteiger partial charge in [-0.15, -0.1) is 11.3 Å². The molecule has 5 heteroatoms. The van der Waals surface area contributed by atoms with E-state index in [4.69, 9.17) is 4.74 Å². The topological polar surface area (TPSA) is 42.4 Å². The van der Waals surface area contributed by atoms with Crippen LogP contribution in [-0.2, 0) is 11.2 Å². The minimum atomic E-state index is 0.0976. The molecule has 0 radical (unpaired) electrons. The van der Waals surface area contributed by atoms with Crippen LogP contribution in [0.4, 0.5) is 0 Å². The second-order valence-corrected chi connectivity index (χ2v) is 6.74. The Balaban J connectivity index is 1.40. The van der Waals surface area contributed by atoms with Crippen LogP contribution in [0.15, 0.2) is 35.8 Å². The van der Waals surface area contributed by atoms with E-state index in [2.05, 4.69) is 29.2 Å². The summed E-state index contributed by atoms with van der Waals surface area (Å²) in [7, 11) is 0. The van der Waals surface area contributed by atoms with E-state index < -0.39 is 0 Å². The minimum absolute atomic E-state index is 0.0976. The lowest BCUT2D eigenvalue weighted by molar-refractivity contribution is 0.0526. The molecule has 1 amide bonds. The molecule has 3 rings (SSSR count). The van der Waals surface area contributed by atoms with Crippen molar-refractivity contribution < 1.29 is 9.53 Å². The number of nitrogens with zero attached hydrogens (tertiary/aromatic N) is 2. The number of carbonyl (C=O) groups excluding carboxylic acids is 1. The summed E-state index contributed by atoms with van der Waals surface area (Å²) in [5.41, 5.74) is 3.91. The largest absolute Gasteiger partial charge is 0.376 e. The van der Waals surface area contributed by atoms with Crippen molar-refractivity contribution in [3.63, 3.8) is 0 Å². The number of aromatic nitrogens is 1. The molecule has 1 fully saturated rings. The van der Waals surface area contributed by atoms with Gasteiger partial charge in [-0.2, -0.15) is 0 Å². The summed E-state index contributed by atoms with van der Waals surface area (Å²) in [5.74, 6) is 0.0976. The highest BCUT2D eigenvalue weighted by Crippen LogP contribution is 2.20. The van der Waals surface area contributed by atoms with E-state index in [1.54, 1.807) is 5.51 Å². The van der Waals surface area contributed by atoms with Gasteiger partial charge in [-0.25, -0.2) is 4.98 Å². The molecular formula is C18H22N2O2S. The lowest BCUT2D eigenvalue weighted by atomic mass is 10.1. The summed E-state index contributed by atoms with van der Waals surface area (Å²) in [6, 6.07) is 10.5. The highest BCUT2D eigenvalue weighted by Gasteiger charge is 2.28. The van der Waals surface area contributed by atoms with Gasteiger partial charge in [-0.1, -0.05) is 30.3 Å². The van der Waals surface area contributed by atoms with E-state index in [0.29, 0.717) is 6.54 Å². The molecule has 0 spiro atoms. The first-order chi connectivity index (χ1) is 11.2. The highest BCUT2D eigenvalue weighted by atomic mass is 32.1. The number of hydrogen-bond acceptors (Lipinski definition) is 4. The average molecular weight is 330 g/mol. The zero-order valence-electron chi connectivity index (χ0n) is 13.4. The number of carbonyl (C=O) groups is 1. The normalized spacial score (nSPS) is 17.6. The molecule has 2 heterocycles. The third-order valence-corrected chi connectivity index (χ3v) is 5.09. The Kier molecular flexibility index (Phi) is 5.41. The number of benzene rings is 1. The molecule has 0 aliphatic carbocycles. The Bertz CT molecular complexity index is 641.